The number of furan rings is 1. The number of aromatic nitrogens is 2. The number of ether oxygens (including phenoxy) is 1. The van der Waals surface area contributed by atoms with Crippen LogP contribution in [0, 0.1) is 13.8 Å². The molecule has 0 saturated heterocycles. The normalized spacial score (nSPS) is 10.8. The number of nitrogens with zero attached hydrogens (tertiary/aromatic N) is 2. The molecule has 20 heavy (non-hydrogen) atoms. The average Bonchev–Trinajstić information content (AvgIpc) is 2.93. The van der Waals surface area contributed by atoms with Gasteiger partial charge in [0.2, 0.25) is 5.91 Å². The summed E-state index contributed by atoms with van der Waals surface area (Å²) in [5, 5.41) is 2.74. The lowest BCUT2D eigenvalue weighted by atomic mass is 10.2. The highest BCUT2D eigenvalue weighted by Crippen LogP contribution is 2.19. The van der Waals surface area contributed by atoms with E-state index in [1.165, 1.54) is 13.2 Å². The van der Waals surface area contributed by atoms with Gasteiger partial charge in [0.25, 0.3) is 0 Å². The monoisotopic (exact) mass is 273 g/mol. The maximum absolute atomic E-state index is 11.8. The van der Waals surface area contributed by atoms with Gasteiger partial charge in [-0.1, -0.05) is 0 Å². The van der Waals surface area contributed by atoms with E-state index in [4.69, 9.17) is 9.15 Å². The van der Waals surface area contributed by atoms with Crippen LogP contribution in [0.4, 0.5) is 5.69 Å². The Morgan fingerprint density at radius 2 is 2.05 bits per heavy atom. The molecule has 0 aliphatic heterocycles. The van der Waals surface area contributed by atoms with Crippen LogP contribution in [0.25, 0.3) is 6.08 Å². The maximum atomic E-state index is 11.8. The third-order valence-corrected chi connectivity index (χ3v) is 2.62. The van der Waals surface area contributed by atoms with Gasteiger partial charge in [-0.15, -0.1) is 0 Å². The Labute approximate surface area is 116 Å². The zero-order chi connectivity index (χ0) is 14.5. The highest BCUT2D eigenvalue weighted by Gasteiger charge is 2.10. The lowest BCUT2D eigenvalue weighted by molar-refractivity contribution is -0.111. The molecule has 0 unspecified atom stereocenters. The number of amides is 1. The molecule has 0 aliphatic carbocycles. The van der Waals surface area contributed by atoms with Crippen LogP contribution in [0.2, 0.25) is 0 Å². The molecule has 2 rings (SSSR count). The third kappa shape index (κ3) is 3.23. The molecule has 0 saturated carbocycles. The molecule has 2 aromatic heterocycles. The molecule has 6 heteroatoms. The summed E-state index contributed by atoms with van der Waals surface area (Å²) in [6, 6.07) is 3.80. The molecular weight excluding hydrogens is 258 g/mol. The summed E-state index contributed by atoms with van der Waals surface area (Å²) in [6.45, 7) is 3.56. The summed E-state index contributed by atoms with van der Waals surface area (Å²) < 4.78 is 10.1. The summed E-state index contributed by atoms with van der Waals surface area (Å²) in [4.78, 5) is 20.1. The van der Waals surface area contributed by atoms with Crippen molar-refractivity contribution in [2.24, 2.45) is 0 Å². The van der Waals surface area contributed by atoms with Crippen molar-refractivity contribution < 1.29 is 13.9 Å². The van der Waals surface area contributed by atoms with Crippen LogP contribution in [0.15, 0.2) is 28.9 Å². The van der Waals surface area contributed by atoms with Crippen LogP contribution < -0.4 is 10.1 Å². The highest BCUT2D eigenvalue weighted by molar-refractivity contribution is 6.02. The first-order valence-electron chi connectivity index (χ1n) is 6.02. The van der Waals surface area contributed by atoms with E-state index in [2.05, 4.69) is 15.3 Å². The zero-order valence-corrected chi connectivity index (χ0v) is 11.5. The van der Waals surface area contributed by atoms with Gasteiger partial charge in [0, 0.05) is 6.08 Å². The maximum Gasteiger partial charge on any atom is 0.316 e. The van der Waals surface area contributed by atoms with Crippen molar-refractivity contribution in [3.63, 3.8) is 0 Å². The number of hydrogen-bond donors (Lipinski definition) is 1. The summed E-state index contributed by atoms with van der Waals surface area (Å²) in [7, 11) is 1.50. The van der Waals surface area contributed by atoms with Gasteiger partial charge in [0.05, 0.1) is 30.4 Å². The molecule has 0 aromatic carbocycles. The number of carbonyl (C=O) groups is 1. The minimum absolute atomic E-state index is 0.277. The third-order valence-electron chi connectivity index (χ3n) is 2.62. The lowest BCUT2D eigenvalue weighted by Crippen LogP contribution is -2.12. The predicted molar refractivity (Wildman–Crippen MR) is 74.4 cm³/mol. The molecule has 0 fully saturated rings. The van der Waals surface area contributed by atoms with Crippen molar-refractivity contribution in [1.29, 1.82) is 0 Å². The first-order chi connectivity index (χ1) is 9.60. The van der Waals surface area contributed by atoms with E-state index in [0.717, 1.165) is 0 Å². The van der Waals surface area contributed by atoms with Crippen molar-refractivity contribution in [1.82, 2.24) is 9.97 Å². The van der Waals surface area contributed by atoms with Crippen LogP contribution in [-0.4, -0.2) is 23.0 Å². The molecule has 0 spiro atoms. The minimum Gasteiger partial charge on any atom is -0.467 e. The molecule has 0 bridgehead atoms. The van der Waals surface area contributed by atoms with Gasteiger partial charge < -0.3 is 14.5 Å². The van der Waals surface area contributed by atoms with E-state index in [0.29, 0.717) is 22.8 Å². The standard InChI is InChI=1S/C14H15N3O3/c1-9-13(10(2)16-14(15-9)19-3)17-12(18)7-6-11-5-4-8-20-11/h4-8H,1-3H3,(H,17,18)/b7-6+. The van der Waals surface area contributed by atoms with Crippen LogP contribution >= 0.6 is 0 Å². The van der Waals surface area contributed by atoms with Gasteiger partial charge >= 0.3 is 6.01 Å². The van der Waals surface area contributed by atoms with E-state index in [1.807, 2.05) is 0 Å². The average molecular weight is 273 g/mol. The van der Waals surface area contributed by atoms with Crippen molar-refractivity contribution in [3.8, 4) is 6.01 Å². The van der Waals surface area contributed by atoms with Crippen molar-refractivity contribution in [3.05, 3.63) is 41.6 Å². The molecular formula is C14H15N3O3. The molecule has 2 heterocycles. The number of anilines is 1. The summed E-state index contributed by atoms with van der Waals surface area (Å²) >= 11 is 0. The van der Waals surface area contributed by atoms with Gasteiger partial charge in [-0.05, 0) is 32.1 Å². The number of aryl methyl sites for hydroxylation is 2. The first-order valence-corrected chi connectivity index (χ1v) is 6.02. The molecule has 0 atom stereocenters. The number of hydrogen-bond acceptors (Lipinski definition) is 5. The van der Waals surface area contributed by atoms with Gasteiger partial charge in [-0.25, -0.2) is 0 Å². The Kier molecular flexibility index (Phi) is 4.14. The zero-order valence-electron chi connectivity index (χ0n) is 11.5. The Bertz CT molecular complexity index is 610. The largest absolute Gasteiger partial charge is 0.467 e. The second kappa shape index (κ2) is 6.01. The highest BCUT2D eigenvalue weighted by atomic mass is 16.5. The first kappa shape index (κ1) is 13.8. The van der Waals surface area contributed by atoms with Crippen molar-refractivity contribution in [2.75, 3.05) is 12.4 Å². The Morgan fingerprint density at radius 1 is 1.35 bits per heavy atom. The fourth-order valence-corrected chi connectivity index (χ4v) is 1.67. The minimum atomic E-state index is -0.277. The number of carbonyl (C=O) groups excluding carboxylic acids is 1. The summed E-state index contributed by atoms with van der Waals surface area (Å²) in [5.41, 5.74) is 1.88. The van der Waals surface area contributed by atoms with Gasteiger partial charge in [-0.2, -0.15) is 9.97 Å². The van der Waals surface area contributed by atoms with E-state index in [9.17, 15) is 4.79 Å². The Morgan fingerprint density at radius 3 is 2.60 bits per heavy atom. The SMILES string of the molecule is COc1nc(C)c(NC(=O)/C=C/c2ccco2)c(C)n1. The predicted octanol–water partition coefficient (Wildman–Crippen LogP) is 2.35. The van der Waals surface area contributed by atoms with Gasteiger partial charge in [-0.3, -0.25) is 4.79 Å². The summed E-state index contributed by atoms with van der Waals surface area (Å²) in [5.74, 6) is 0.334. The van der Waals surface area contributed by atoms with Crippen LogP contribution in [-0.2, 0) is 4.79 Å². The number of rotatable bonds is 4. The molecule has 104 valence electrons. The quantitative estimate of drug-likeness (QED) is 0.865. The van der Waals surface area contributed by atoms with Crippen molar-refractivity contribution >= 4 is 17.7 Å². The molecule has 2 aromatic rings. The molecule has 0 aliphatic rings. The Balaban J connectivity index is 2.12. The van der Waals surface area contributed by atoms with Crippen molar-refractivity contribution in [2.45, 2.75) is 13.8 Å². The van der Waals surface area contributed by atoms with E-state index >= 15 is 0 Å². The second-order valence-corrected chi connectivity index (χ2v) is 4.09. The topological polar surface area (TPSA) is 77.2 Å². The second-order valence-electron chi connectivity index (χ2n) is 4.09. The molecule has 6 nitrogen and oxygen atoms in total. The fraction of sp³-hybridized carbons (Fsp3) is 0.214. The number of methoxy groups -OCH3 is 1. The molecule has 0 radical (unpaired) electrons. The smallest absolute Gasteiger partial charge is 0.316 e. The van der Waals surface area contributed by atoms with Crippen LogP contribution in [0.1, 0.15) is 17.1 Å². The van der Waals surface area contributed by atoms with E-state index in [-0.39, 0.29) is 11.9 Å². The summed E-state index contributed by atoms with van der Waals surface area (Å²) in [6.07, 6.45) is 4.52. The molecule has 1 N–H and O–H groups in total. The number of nitrogens with one attached hydrogen (secondary N) is 1. The Hall–Kier alpha value is -2.63. The van der Waals surface area contributed by atoms with Crippen LogP contribution in [0.3, 0.4) is 0 Å². The van der Waals surface area contributed by atoms with Gasteiger partial charge in [0.15, 0.2) is 0 Å². The van der Waals surface area contributed by atoms with Gasteiger partial charge in [0.1, 0.15) is 5.76 Å². The molecule has 1 amide bonds. The lowest BCUT2D eigenvalue weighted by Gasteiger charge is -2.09. The fourth-order valence-electron chi connectivity index (χ4n) is 1.67. The van der Waals surface area contributed by atoms with Crippen LogP contribution in [0.5, 0.6) is 6.01 Å². The van der Waals surface area contributed by atoms with E-state index in [1.54, 1.807) is 38.3 Å². The van der Waals surface area contributed by atoms with E-state index < -0.39 is 0 Å².